The van der Waals surface area contributed by atoms with Gasteiger partial charge < -0.3 is 14.8 Å². The number of carbonyl (C=O) groups is 2. The van der Waals surface area contributed by atoms with E-state index in [4.69, 9.17) is 4.74 Å². The topological polar surface area (TPSA) is 88.4 Å². The Balaban J connectivity index is 1.87. The predicted molar refractivity (Wildman–Crippen MR) is 144 cm³/mol. The third-order valence-corrected chi connectivity index (χ3v) is 6.09. The Morgan fingerprint density at radius 2 is 1.72 bits per heavy atom. The number of nitrogens with one attached hydrogen (secondary N) is 1. The molecule has 3 aromatic carbocycles. The molecule has 0 radical (unpaired) electrons. The highest BCUT2D eigenvalue weighted by atomic mass is 79.9. The molecule has 36 heavy (non-hydrogen) atoms. The smallest absolute Gasteiger partial charge is 0.337 e. The number of esters is 1. The second-order valence-corrected chi connectivity index (χ2v) is 9.13. The molecule has 0 saturated carbocycles. The molecular formula is C29H27BrN2O4. The van der Waals surface area contributed by atoms with Crippen LogP contribution in [0.1, 0.15) is 45.1 Å². The number of benzene rings is 3. The van der Waals surface area contributed by atoms with E-state index in [0.717, 1.165) is 10.0 Å². The minimum atomic E-state index is -0.559. The lowest BCUT2D eigenvalue weighted by atomic mass is 9.98. The number of aryl methyl sites for hydroxylation is 2. The van der Waals surface area contributed by atoms with Crippen molar-refractivity contribution in [1.29, 1.82) is 5.26 Å². The summed E-state index contributed by atoms with van der Waals surface area (Å²) in [6.07, 6.45) is 2.20. The quantitative estimate of drug-likeness (QED) is 0.201. The monoisotopic (exact) mass is 546 g/mol. The van der Waals surface area contributed by atoms with Gasteiger partial charge in [-0.25, -0.2) is 4.79 Å². The molecule has 0 heterocycles. The molecule has 0 atom stereocenters. The number of carbonyl (C=O) groups excluding carboxylic acids is 2. The van der Waals surface area contributed by atoms with Crippen LogP contribution in [0.25, 0.3) is 6.08 Å². The number of ether oxygens (including phenoxy) is 2. The van der Waals surface area contributed by atoms with E-state index >= 15 is 0 Å². The minimum Gasteiger partial charge on any atom is -0.494 e. The number of halogens is 1. The maximum absolute atomic E-state index is 12.8. The first-order valence-electron chi connectivity index (χ1n) is 11.4. The molecule has 0 aliphatic heterocycles. The van der Waals surface area contributed by atoms with Gasteiger partial charge in [-0.1, -0.05) is 45.3 Å². The Labute approximate surface area is 219 Å². The van der Waals surface area contributed by atoms with Gasteiger partial charge in [-0.2, -0.15) is 5.26 Å². The predicted octanol–water partition coefficient (Wildman–Crippen LogP) is 6.39. The van der Waals surface area contributed by atoms with Crippen LogP contribution in [0.4, 0.5) is 5.69 Å². The Kier molecular flexibility index (Phi) is 9.04. The van der Waals surface area contributed by atoms with Crippen molar-refractivity contribution in [2.45, 2.75) is 27.2 Å². The molecule has 0 spiro atoms. The summed E-state index contributed by atoms with van der Waals surface area (Å²) in [6, 6.07) is 18.3. The van der Waals surface area contributed by atoms with E-state index in [9.17, 15) is 14.9 Å². The van der Waals surface area contributed by atoms with Gasteiger partial charge >= 0.3 is 5.97 Å². The zero-order chi connectivity index (χ0) is 26.2. The Bertz CT molecular complexity index is 1330. The lowest BCUT2D eigenvalue weighted by molar-refractivity contribution is -0.112. The molecule has 0 unspecified atom stereocenters. The van der Waals surface area contributed by atoms with Crippen LogP contribution in [0.5, 0.6) is 5.75 Å². The highest BCUT2D eigenvalue weighted by Gasteiger charge is 2.15. The van der Waals surface area contributed by atoms with Crippen molar-refractivity contribution in [3.8, 4) is 11.8 Å². The number of anilines is 1. The molecule has 0 fully saturated rings. The third-order valence-electron chi connectivity index (χ3n) is 5.38. The average molecular weight is 547 g/mol. The van der Waals surface area contributed by atoms with E-state index < -0.39 is 11.9 Å². The van der Waals surface area contributed by atoms with Crippen molar-refractivity contribution in [3.63, 3.8) is 0 Å². The molecule has 3 aromatic rings. The first-order chi connectivity index (χ1) is 17.2. The van der Waals surface area contributed by atoms with E-state index in [1.54, 1.807) is 12.1 Å². The Hall–Kier alpha value is -3.89. The van der Waals surface area contributed by atoms with Crippen LogP contribution in [-0.2, 0) is 16.0 Å². The van der Waals surface area contributed by atoms with Gasteiger partial charge in [0.25, 0.3) is 5.91 Å². The number of rotatable bonds is 8. The Morgan fingerprint density at radius 1 is 1.06 bits per heavy atom. The molecule has 6 nitrogen and oxygen atoms in total. The average Bonchev–Trinajstić information content (AvgIpc) is 2.84. The van der Waals surface area contributed by atoms with Gasteiger partial charge in [0.2, 0.25) is 0 Å². The van der Waals surface area contributed by atoms with Crippen LogP contribution in [0.15, 0.2) is 64.6 Å². The van der Waals surface area contributed by atoms with E-state index in [1.807, 2.05) is 25.1 Å². The number of hydrogen-bond acceptors (Lipinski definition) is 5. The van der Waals surface area contributed by atoms with Gasteiger partial charge in [-0.3, -0.25) is 4.79 Å². The standard InChI is InChI=1S/C29H27BrN2O4/c1-5-36-27-16-21(15-26(30)25(27)14-20-11-18(2)10-19(3)12-20)13-23(17-31)28(33)32-24-8-6-22(7-9-24)29(34)35-4/h6-13,15-16H,5,14H2,1-4H3,(H,32,33)/b23-13+. The van der Waals surface area contributed by atoms with Crippen molar-refractivity contribution in [1.82, 2.24) is 0 Å². The van der Waals surface area contributed by atoms with E-state index in [1.165, 1.54) is 42.0 Å². The number of nitrogens with zero attached hydrogens (tertiary/aromatic N) is 1. The number of hydrogen-bond donors (Lipinski definition) is 1. The van der Waals surface area contributed by atoms with E-state index in [-0.39, 0.29) is 5.57 Å². The number of nitriles is 1. The summed E-state index contributed by atoms with van der Waals surface area (Å²) in [7, 11) is 1.30. The van der Waals surface area contributed by atoms with Crippen molar-refractivity contribution in [2.24, 2.45) is 0 Å². The fourth-order valence-electron chi connectivity index (χ4n) is 3.87. The zero-order valence-corrected chi connectivity index (χ0v) is 22.2. The van der Waals surface area contributed by atoms with Gasteiger partial charge in [0, 0.05) is 22.1 Å². The normalized spacial score (nSPS) is 10.9. The molecule has 0 aromatic heterocycles. The van der Waals surface area contributed by atoms with Gasteiger partial charge in [0.05, 0.1) is 19.3 Å². The van der Waals surface area contributed by atoms with Gasteiger partial charge in [0.1, 0.15) is 17.4 Å². The first kappa shape index (κ1) is 26.7. The molecule has 1 amide bonds. The van der Waals surface area contributed by atoms with Crippen LogP contribution in [-0.4, -0.2) is 25.6 Å². The van der Waals surface area contributed by atoms with Crippen LogP contribution in [0.2, 0.25) is 0 Å². The largest absolute Gasteiger partial charge is 0.494 e. The fraction of sp³-hybridized carbons (Fsp3) is 0.207. The molecule has 0 saturated heterocycles. The van der Waals surface area contributed by atoms with E-state index in [2.05, 4.69) is 58.0 Å². The summed E-state index contributed by atoms with van der Waals surface area (Å²) in [4.78, 5) is 24.3. The van der Waals surface area contributed by atoms with Crippen molar-refractivity contribution >= 4 is 39.6 Å². The molecule has 0 aliphatic rings. The lowest BCUT2D eigenvalue weighted by Gasteiger charge is -2.15. The minimum absolute atomic E-state index is 0.0662. The van der Waals surface area contributed by atoms with Crippen LogP contribution in [0.3, 0.4) is 0 Å². The van der Waals surface area contributed by atoms with Crippen LogP contribution in [0, 0.1) is 25.2 Å². The Morgan fingerprint density at radius 3 is 2.31 bits per heavy atom. The maximum atomic E-state index is 12.8. The summed E-state index contributed by atoms with van der Waals surface area (Å²) in [5.74, 6) is -0.341. The van der Waals surface area contributed by atoms with Crippen molar-refractivity contribution in [2.75, 3.05) is 19.0 Å². The fourth-order valence-corrected chi connectivity index (χ4v) is 4.47. The summed E-state index contributed by atoms with van der Waals surface area (Å²) in [6.45, 7) is 6.54. The molecule has 7 heteroatoms. The number of methoxy groups -OCH3 is 1. The summed E-state index contributed by atoms with van der Waals surface area (Å²) in [5, 5.41) is 12.3. The van der Waals surface area contributed by atoms with E-state index in [0.29, 0.717) is 35.6 Å². The lowest BCUT2D eigenvalue weighted by Crippen LogP contribution is -2.13. The van der Waals surface area contributed by atoms with Crippen LogP contribution < -0.4 is 10.1 Å². The molecule has 1 N–H and O–H groups in total. The molecule has 184 valence electrons. The highest BCUT2D eigenvalue weighted by Crippen LogP contribution is 2.33. The molecule has 0 bridgehead atoms. The van der Waals surface area contributed by atoms with Crippen molar-refractivity contribution in [3.05, 3.63) is 98.0 Å². The maximum Gasteiger partial charge on any atom is 0.337 e. The van der Waals surface area contributed by atoms with Crippen LogP contribution >= 0.6 is 15.9 Å². The first-order valence-corrected chi connectivity index (χ1v) is 12.2. The van der Waals surface area contributed by atoms with Gasteiger partial charge in [-0.15, -0.1) is 0 Å². The second kappa shape index (κ2) is 12.2. The molecule has 0 aliphatic carbocycles. The van der Waals surface area contributed by atoms with Crippen molar-refractivity contribution < 1.29 is 19.1 Å². The summed E-state index contributed by atoms with van der Waals surface area (Å²) in [5.41, 5.74) is 5.96. The SMILES string of the molecule is CCOc1cc(/C=C(\C#N)C(=O)Nc2ccc(C(=O)OC)cc2)cc(Br)c1Cc1cc(C)cc(C)c1. The second-order valence-electron chi connectivity index (χ2n) is 8.28. The summed E-state index contributed by atoms with van der Waals surface area (Å²) >= 11 is 3.66. The van der Waals surface area contributed by atoms with Gasteiger partial charge in [0.15, 0.2) is 0 Å². The zero-order valence-electron chi connectivity index (χ0n) is 20.6. The molecular weight excluding hydrogens is 520 g/mol. The van der Waals surface area contributed by atoms with Gasteiger partial charge in [-0.05, 0) is 74.4 Å². The number of amides is 1. The third kappa shape index (κ3) is 6.83. The molecule has 3 rings (SSSR count). The summed E-state index contributed by atoms with van der Waals surface area (Å²) < 4.78 is 11.4. The highest BCUT2D eigenvalue weighted by molar-refractivity contribution is 9.10.